The van der Waals surface area contributed by atoms with E-state index in [0.29, 0.717) is 6.54 Å². The number of nitrogens with one attached hydrogen (secondary N) is 1. The zero-order chi connectivity index (χ0) is 12.7. The van der Waals surface area contributed by atoms with Crippen LogP contribution in [0.25, 0.3) is 0 Å². The van der Waals surface area contributed by atoms with Crippen molar-refractivity contribution in [1.29, 1.82) is 0 Å². The van der Waals surface area contributed by atoms with Crippen molar-refractivity contribution in [2.24, 2.45) is 0 Å². The van der Waals surface area contributed by atoms with Crippen LogP contribution >= 0.6 is 11.8 Å². The fourth-order valence-electron chi connectivity index (χ4n) is 1.92. The number of rotatable bonds is 8. The molecule has 17 heavy (non-hydrogen) atoms. The SMILES string of the molecule is CCCCCCN1C(=O)NC(CCSC)C1=O. The smallest absolute Gasteiger partial charge is 0.324 e. The summed E-state index contributed by atoms with van der Waals surface area (Å²) in [6, 6.07) is -0.501. The first kappa shape index (κ1) is 14.4. The molecule has 1 saturated heterocycles. The molecule has 0 aliphatic carbocycles. The van der Waals surface area contributed by atoms with Gasteiger partial charge in [0.1, 0.15) is 6.04 Å². The van der Waals surface area contributed by atoms with Gasteiger partial charge in [-0.25, -0.2) is 4.79 Å². The molecule has 1 N–H and O–H groups in total. The monoisotopic (exact) mass is 258 g/mol. The summed E-state index contributed by atoms with van der Waals surface area (Å²) in [4.78, 5) is 24.9. The molecule has 0 bridgehead atoms. The highest BCUT2D eigenvalue weighted by Gasteiger charge is 2.36. The largest absolute Gasteiger partial charge is 0.326 e. The van der Waals surface area contributed by atoms with Crippen LogP contribution in [-0.4, -0.2) is 41.4 Å². The number of imide groups is 1. The summed E-state index contributed by atoms with van der Waals surface area (Å²) in [7, 11) is 0. The average molecular weight is 258 g/mol. The number of amides is 3. The molecule has 1 fully saturated rings. The lowest BCUT2D eigenvalue weighted by Crippen LogP contribution is -2.32. The van der Waals surface area contributed by atoms with Gasteiger partial charge < -0.3 is 5.32 Å². The minimum atomic E-state index is -0.291. The third-order valence-corrected chi connectivity index (χ3v) is 3.60. The molecular formula is C12H22N2O2S. The number of nitrogens with zero attached hydrogens (tertiary/aromatic N) is 1. The van der Waals surface area contributed by atoms with Gasteiger partial charge >= 0.3 is 6.03 Å². The fourth-order valence-corrected chi connectivity index (χ4v) is 2.39. The number of carbonyl (C=O) groups excluding carboxylic acids is 2. The highest BCUT2D eigenvalue weighted by Crippen LogP contribution is 2.13. The summed E-state index contributed by atoms with van der Waals surface area (Å²) in [5, 5.41) is 2.75. The third kappa shape index (κ3) is 4.22. The summed E-state index contributed by atoms with van der Waals surface area (Å²) in [5.41, 5.74) is 0. The molecule has 98 valence electrons. The second kappa shape index (κ2) is 7.58. The van der Waals surface area contributed by atoms with Gasteiger partial charge in [-0.05, 0) is 24.9 Å². The van der Waals surface area contributed by atoms with Crippen LogP contribution in [0.2, 0.25) is 0 Å². The minimum absolute atomic E-state index is 0.0412. The normalized spacial score (nSPS) is 19.9. The van der Waals surface area contributed by atoms with E-state index >= 15 is 0 Å². The molecule has 0 spiro atoms. The van der Waals surface area contributed by atoms with E-state index < -0.39 is 0 Å². The molecule has 0 aromatic carbocycles. The van der Waals surface area contributed by atoms with Crippen molar-refractivity contribution in [3.8, 4) is 0 Å². The van der Waals surface area contributed by atoms with Crippen molar-refractivity contribution < 1.29 is 9.59 Å². The van der Waals surface area contributed by atoms with E-state index in [2.05, 4.69) is 12.2 Å². The summed E-state index contributed by atoms with van der Waals surface area (Å²) in [6.45, 7) is 2.71. The lowest BCUT2D eigenvalue weighted by molar-refractivity contribution is -0.127. The average Bonchev–Trinajstić information content (AvgIpc) is 2.58. The van der Waals surface area contributed by atoms with Crippen molar-refractivity contribution in [1.82, 2.24) is 10.2 Å². The second-order valence-electron chi connectivity index (χ2n) is 4.33. The van der Waals surface area contributed by atoms with Gasteiger partial charge in [0.05, 0.1) is 0 Å². The van der Waals surface area contributed by atoms with Crippen molar-refractivity contribution in [2.45, 2.75) is 45.1 Å². The fraction of sp³-hybridized carbons (Fsp3) is 0.833. The first-order valence-electron chi connectivity index (χ1n) is 6.31. The predicted molar refractivity (Wildman–Crippen MR) is 71.2 cm³/mol. The number of hydrogen-bond donors (Lipinski definition) is 1. The molecule has 3 amide bonds. The molecule has 1 atom stereocenters. The van der Waals surface area contributed by atoms with Gasteiger partial charge in [0.15, 0.2) is 0 Å². The van der Waals surface area contributed by atoms with Crippen LogP contribution in [0.4, 0.5) is 4.79 Å². The van der Waals surface area contributed by atoms with E-state index in [-0.39, 0.29) is 18.0 Å². The van der Waals surface area contributed by atoms with Gasteiger partial charge in [0.25, 0.3) is 5.91 Å². The Bertz CT molecular complexity index is 271. The number of hydrogen-bond acceptors (Lipinski definition) is 3. The highest BCUT2D eigenvalue weighted by atomic mass is 32.2. The standard InChI is InChI=1S/C12H22N2O2S/c1-3-4-5-6-8-14-11(15)10(7-9-17-2)13-12(14)16/h10H,3-9H2,1-2H3,(H,13,16). The Balaban J connectivity index is 2.34. The molecule has 1 aliphatic heterocycles. The molecule has 0 radical (unpaired) electrons. The molecule has 0 aromatic rings. The molecule has 1 rings (SSSR count). The molecule has 1 heterocycles. The lowest BCUT2D eigenvalue weighted by atomic mass is 10.2. The Labute approximate surface area is 108 Å². The molecule has 4 nitrogen and oxygen atoms in total. The Kier molecular flexibility index (Phi) is 6.40. The predicted octanol–water partition coefficient (Wildman–Crippen LogP) is 2.24. The van der Waals surface area contributed by atoms with Gasteiger partial charge in [-0.3, -0.25) is 9.69 Å². The maximum absolute atomic E-state index is 11.9. The Morgan fingerprint density at radius 1 is 1.29 bits per heavy atom. The topological polar surface area (TPSA) is 49.4 Å². The van der Waals surface area contributed by atoms with Gasteiger partial charge in [-0.15, -0.1) is 0 Å². The van der Waals surface area contributed by atoms with Crippen LogP contribution < -0.4 is 5.32 Å². The molecule has 0 aromatic heterocycles. The summed E-state index contributed by atoms with van der Waals surface area (Å²) >= 11 is 1.70. The van der Waals surface area contributed by atoms with Crippen LogP contribution in [0.1, 0.15) is 39.0 Å². The van der Waals surface area contributed by atoms with Crippen LogP contribution in [0.5, 0.6) is 0 Å². The number of carbonyl (C=O) groups is 2. The van der Waals surface area contributed by atoms with E-state index in [4.69, 9.17) is 0 Å². The van der Waals surface area contributed by atoms with E-state index in [9.17, 15) is 9.59 Å². The highest BCUT2D eigenvalue weighted by molar-refractivity contribution is 7.98. The molecule has 0 saturated carbocycles. The number of urea groups is 1. The van der Waals surface area contributed by atoms with Crippen molar-refractivity contribution in [3.05, 3.63) is 0 Å². The van der Waals surface area contributed by atoms with Gasteiger partial charge in [-0.1, -0.05) is 26.2 Å². The van der Waals surface area contributed by atoms with Crippen molar-refractivity contribution in [3.63, 3.8) is 0 Å². The van der Waals surface area contributed by atoms with Crippen LogP contribution in [-0.2, 0) is 4.79 Å². The number of unbranched alkanes of at least 4 members (excludes halogenated alkanes) is 3. The number of thioether (sulfide) groups is 1. The Hall–Kier alpha value is -0.710. The summed E-state index contributed by atoms with van der Waals surface area (Å²) < 4.78 is 0. The summed E-state index contributed by atoms with van der Waals surface area (Å²) in [5.74, 6) is 0.862. The molecule has 1 unspecified atom stereocenters. The zero-order valence-electron chi connectivity index (χ0n) is 10.7. The maximum atomic E-state index is 11.9. The van der Waals surface area contributed by atoms with E-state index in [1.807, 2.05) is 6.26 Å². The van der Waals surface area contributed by atoms with Crippen LogP contribution in [0.15, 0.2) is 0 Å². The Morgan fingerprint density at radius 3 is 2.71 bits per heavy atom. The molecular weight excluding hydrogens is 236 g/mol. The maximum Gasteiger partial charge on any atom is 0.324 e. The third-order valence-electron chi connectivity index (χ3n) is 2.95. The first-order valence-corrected chi connectivity index (χ1v) is 7.71. The van der Waals surface area contributed by atoms with Crippen molar-refractivity contribution in [2.75, 3.05) is 18.6 Å². The first-order chi connectivity index (χ1) is 8.20. The van der Waals surface area contributed by atoms with E-state index in [1.54, 1.807) is 11.8 Å². The van der Waals surface area contributed by atoms with Gasteiger partial charge in [0, 0.05) is 6.54 Å². The molecule has 5 heteroatoms. The quantitative estimate of drug-likeness (QED) is 0.536. The van der Waals surface area contributed by atoms with Crippen molar-refractivity contribution >= 4 is 23.7 Å². The zero-order valence-corrected chi connectivity index (χ0v) is 11.5. The minimum Gasteiger partial charge on any atom is -0.326 e. The summed E-state index contributed by atoms with van der Waals surface area (Å²) in [6.07, 6.45) is 7.07. The van der Waals surface area contributed by atoms with E-state index in [0.717, 1.165) is 31.4 Å². The van der Waals surface area contributed by atoms with E-state index in [1.165, 1.54) is 11.3 Å². The molecule has 1 aliphatic rings. The van der Waals surface area contributed by atoms with Gasteiger partial charge in [-0.2, -0.15) is 11.8 Å². The second-order valence-corrected chi connectivity index (χ2v) is 5.32. The Morgan fingerprint density at radius 2 is 2.06 bits per heavy atom. The van der Waals surface area contributed by atoms with Crippen LogP contribution in [0, 0.1) is 0 Å². The van der Waals surface area contributed by atoms with Gasteiger partial charge in [0.2, 0.25) is 0 Å². The van der Waals surface area contributed by atoms with Crippen LogP contribution in [0.3, 0.4) is 0 Å². The lowest BCUT2D eigenvalue weighted by Gasteiger charge is -2.12.